The minimum absolute atomic E-state index is 0.0483. The number of sulfonamides is 1. The lowest BCUT2D eigenvalue weighted by atomic mass is 10.0. The molecule has 1 N–H and O–H groups in total. The van der Waals surface area contributed by atoms with Gasteiger partial charge >= 0.3 is 5.97 Å². The summed E-state index contributed by atoms with van der Waals surface area (Å²) in [5.41, 5.74) is -0.731. The molecule has 1 aliphatic rings. The molecule has 1 saturated heterocycles. The van der Waals surface area contributed by atoms with Crippen LogP contribution < -0.4 is 0 Å². The summed E-state index contributed by atoms with van der Waals surface area (Å²) in [6.07, 6.45) is 0. The number of carboxylic acids is 1. The molecule has 0 amide bonds. The third-order valence-electron chi connectivity index (χ3n) is 3.19. The number of hydrogen-bond acceptors (Lipinski definition) is 5. The molecule has 112 valence electrons. The molecule has 0 aliphatic carbocycles. The molecule has 8 heteroatoms. The fourth-order valence-electron chi connectivity index (χ4n) is 2.12. The fourth-order valence-corrected chi connectivity index (χ4v) is 3.93. The van der Waals surface area contributed by atoms with Gasteiger partial charge in [0.15, 0.2) is 0 Å². The zero-order valence-corrected chi connectivity index (χ0v) is 12.1. The Morgan fingerprint density at radius 1 is 1.48 bits per heavy atom. The number of hydrogen-bond donors (Lipinski definition) is 1. The van der Waals surface area contributed by atoms with Crippen molar-refractivity contribution in [1.82, 2.24) is 4.31 Å². The van der Waals surface area contributed by atoms with E-state index in [-0.39, 0.29) is 23.5 Å². The van der Waals surface area contributed by atoms with Gasteiger partial charge in [-0.05, 0) is 19.1 Å². The Bertz CT molecular complexity index is 702. The summed E-state index contributed by atoms with van der Waals surface area (Å²) >= 11 is 0. The summed E-state index contributed by atoms with van der Waals surface area (Å²) < 4.78 is 31.2. The van der Waals surface area contributed by atoms with Crippen LogP contribution in [0.2, 0.25) is 0 Å². The van der Waals surface area contributed by atoms with Crippen LogP contribution in [0.4, 0.5) is 0 Å². The maximum Gasteiger partial charge on any atom is 0.329 e. The minimum atomic E-state index is -3.77. The predicted octanol–water partition coefficient (Wildman–Crippen LogP) is 0.422. The van der Waals surface area contributed by atoms with Gasteiger partial charge in [0.05, 0.1) is 16.1 Å². The van der Waals surface area contributed by atoms with Gasteiger partial charge in [0.1, 0.15) is 12.7 Å². The van der Waals surface area contributed by atoms with Crippen LogP contribution in [0.1, 0.15) is 12.5 Å². The second-order valence-corrected chi connectivity index (χ2v) is 6.92. The summed E-state index contributed by atoms with van der Waals surface area (Å²) in [6, 6.07) is 7.80. The van der Waals surface area contributed by atoms with Gasteiger partial charge in [-0.2, -0.15) is 9.57 Å². The number of benzene rings is 1. The Balaban J connectivity index is 2.14. The average Bonchev–Trinajstić information content (AvgIpc) is 2.42. The maximum atomic E-state index is 12.4. The van der Waals surface area contributed by atoms with Crippen LogP contribution in [0.15, 0.2) is 29.2 Å². The quantitative estimate of drug-likeness (QED) is 0.844. The predicted molar refractivity (Wildman–Crippen MR) is 71.9 cm³/mol. The highest BCUT2D eigenvalue weighted by Gasteiger charge is 2.47. The zero-order chi connectivity index (χ0) is 15.7. The van der Waals surface area contributed by atoms with Crippen molar-refractivity contribution >= 4 is 16.0 Å². The van der Waals surface area contributed by atoms with Gasteiger partial charge in [-0.3, -0.25) is 0 Å². The summed E-state index contributed by atoms with van der Waals surface area (Å²) in [6.45, 7) is 1.29. The average molecular weight is 310 g/mol. The van der Waals surface area contributed by atoms with Crippen molar-refractivity contribution < 1.29 is 23.1 Å². The van der Waals surface area contributed by atoms with Gasteiger partial charge in [-0.15, -0.1) is 0 Å². The molecule has 0 spiro atoms. The number of carbonyl (C=O) groups is 1. The standard InChI is InChI=1S/C13H14N2O5S/c1-13(20-7-12(16)17)8-15(9-13)21(18,19)11-5-3-2-4-10(11)6-14/h2-5H,7-9H2,1H3,(H,16,17). The van der Waals surface area contributed by atoms with E-state index in [2.05, 4.69) is 0 Å². The lowest BCUT2D eigenvalue weighted by Gasteiger charge is -2.46. The van der Waals surface area contributed by atoms with E-state index in [9.17, 15) is 13.2 Å². The van der Waals surface area contributed by atoms with Crippen molar-refractivity contribution in [2.45, 2.75) is 17.4 Å². The third-order valence-corrected chi connectivity index (χ3v) is 5.04. The molecule has 7 nitrogen and oxygen atoms in total. The molecule has 0 atom stereocenters. The Labute approximate surface area is 122 Å². The van der Waals surface area contributed by atoms with Crippen molar-refractivity contribution in [3.63, 3.8) is 0 Å². The van der Waals surface area contributed by atoms with E-state index in [1.165, 1.54) is 16.4 Å². The first kappa shape index (κ1) is 15.4. The first-order chi connectivity index (χ1) is 9.78. The zero-order valence-electron chi connectivity index (χ0n) is 11.3. The highest BCUT2D eigenvalue weighted by atomic mass is 32.2. The van der Waals surface area contributed by atoms with Gasteiger partial charge in [-0.1, -0.05) is 12.1 Å². The Kier molecular flexibility index (Phi) is 4.00. The first-order valence-corrected chi connectivity index (χ1v) is 7.57. The molecule has 0 bridgehead atoms. The van der Waals surface area contributed by atoms with Crippen molar-refractivity contribution in [3.8, 4) is 6.07 Å². The van der Waals surface area contributed by atoms with Gasteiger partial charge < -0.3 is 9.84 Å². The summed E-state index contributed by atoms with van der Waals surface area (Å²) in [4.78, 5) is 10.4. The monoisotopic (exact) mass is 310 g/mol. The Morgan fingerprint density at radius 2 is 2.10 bits per heavy atom. The molecule has 0 saturated carbocycles. The largest absolute Gasteiger partial charge is 0.480 e. The second-order valence-electron chi connectivity index (χ2n) is 5.01. The van der Waals surface area contributed by atoms with Crippen LogP contribution in [0.25, 0.3) is 0 Å². The van der Waals surface area contributed by atoms with E-state index < -0.39 is 28.2 Å². The molecule has 0 unspecified atom stereocenters. The smallest absolute Gasteiger partial charge is 0.329 e. The molecule has 1 aromatic rings. The van der Waals surface area contributed by atoms with Crippen LogP contribution in [-0.2, 0) is 19.6 Å². The van der Waals surface area contributed by atoms with Crippen LogP contribution in [0.3, 0.4) is 0 Å². The topological polar surface area (TPSA) is 108 Å². The van der Waals surface area contributed by atoms with Crippen LogP contribution in [0.5, 0.6) is 0 Å². The van der Waals surface area contributed by atoms with E-state index in [0.29, 0.717) is 0 Å². The van der Waals surface area contributed by atoms with Crippen LogP contribution in [0, 0.1) is 11.3 Å². The number of carboxylic acid groups (broad SMARTS) is 1. The van der Waals surface area contributed by atoms with Crippen molar-refractivity contribution in [1.29, 1.82) is 5.26 Å². The molecule has 0 aromatic heterocycles. The van der Waals surface area contributed by atoms with E-state index in [4.69, 9.17) is 15.1 Å². The molecule has 1 heterocycles. The molecule has 1 fully saturated rings. The molecule has 1 aliphatic heterocycles. The second kappa shape index (κ2) is 5.44. The summed E-state index contributed by atoms with van der Waals surface area (Å²) in [5.74, 6) is -1.10. The van der Waals surface area contributed by atoms with E-state index in [0.717, 1.165) is 0 Å². The first-order valence-electron chi connectivity index (χ1n) is 6.13. The number of nitrogens with zero attached hydrogens (tertiary/aromatic N) is 2. The van der Waals surface area contributed by atoms with E-state index >= 15 is 0 Å². The lowest BCUT2D eigenvalue weighted by Crippen LogP contribution is -2.63. The van der Waals surface area contributed by atoms with E-state index in [1.54, 1.807) is 19.1 Å². The number of rotatable bonds is 5. The molecular formula is C13H14N2O5S. The molecule has 0 radical (unpaired) electrons. The van der Waals surface area contributed by atoms with Crippen molar-refractivity contribution in [2.24, 2.45) is 0 Å². The van der Waals surface area contributed by atoms with Gasteiger partial charge in [-0.25, -0.2) is 13.2 Å². The van der Waals surface area contributed by atoms with Crippen molar-refractivity contribution in [2.75, 3.05) is 19.7 Å². The highest BCUT2D eigenvalue weighted by Crippen LogP contribution is 2.31. The molecule has 21 heavy (non-hydrogen) atoms. The van der Waals surface area contributed by atoms with Gasteiger partial charge in [0.2, 0.25) is 10.0 Å². The maximum absolute atomic E-state index is 12.4. The SMILES string of the molecule is CC1(OCC(=O)O)CN(S(=O)(=O)c2ccccc2C#N)C1. The Hall–Kier alpha value is -1.95. The van der Waals surface area contributed by atoms with Crippen LogP contribution >= 0.6 is 0 Å². The molecular weight excluding hydrogens is 296 g/mol. The van der Waals surface area contributed by atoms with Gasteiger partial charge in [0, 0.05) is 13.1 Å². The number of aliphatic carboxylic acids is 1. The normalized spacial score (nSPS) is 17.7. The molecule has 1 aromatic carbocycles. The Morgan fingerprint density at radius 3 is 2.67 bits per heavy atom. The van der Waals surface area contributed by atoms with Crippen LogP contribution in [-0.4, -0.2) is 49.1 Å². The minimum Gasteiger partial charge on any atom is -0.480 e. The van der Waals surface area contributed by atoms with E-state index in [1.807, 2.05) is 6.07 Å². The summed E-state index contributed by atoms with van der Waals surface area (Å²) in [7, 11) is -3.77. The third kappa shape index (κ3) is 3.05. The van der Waals surface area contributed by atoms with Gasteiger partial charge in [0.25, 0.3) is 0 Å². The lowest BCUT2D eigenvalue weighted by molar-refractivity contribution is -0.157. The number of ether oxygens (including phenoxy) is 1. The number of nitriles is 1. The van der Waals surface area contributed by atoms with Crippen molar-refractivity contribution in [3.05, 3.63) is 29.8 Å². The highest BCUT2D eigenvalue weighted by molar-refractivity contribution is 7.89. The molecule has 2 rings (SSSR count). The summed E-state index contributed by atoms with van der Waals surface area (Å²) in [5, 5.41) is 17.6. The fraction of sp³-hybridized carbons (Fsp3) is 0.385.